The average molecular weight is 357 g/mol. The van der Waals surface area contributed by atoms with Crippen LogP contribution in [-0.2, 0) is 4.79 Å². The maximum atomic E-state index is 12.2. The number of nitrogens with two attached hydrogens (primary N) is 1. The molecule has 2 amide bonds. The summed E-state index contributed by atoms with van der Waals surface area (Å²) in [6.45, 7) is 3.33. The SMILES string of the molecule is Cc1noc(C2CCCCN2CCC(=O)Nc2ccc(C(N)=O)cc2)n1. The van der Waals surface area contributed by atoms with Gasteiger partial charge < -0.3 is 15.6 Å². The lowest BCUT2D eigenvalue weighted by Gasteiger charge is -2.33. The van der Waals surface area contributed by atoms with Crippen molar-refractivity contribution in [2.75, 3.05) is 18.4 Å². The van der Waals surface area contributed by atoms with Gasteiger partial charge in [0.05, 0.1) is 6.04 Å². The van der Waals surface area contributed by atoms with Gasteiger partial charge >= 0.3 is 0 Å². The number of amides is 2. The van der Waals surface area contributed by atoms with Crippen molar-refractivity contribution in [2.24, 2.45) is 5.73 Å². The summed E-state index contributed by atoms with van der Waals surface area (Å²) in [7, 11) is 0. The second-order valence-electron chi connectivity index (χ2n) is 6.47. The number of hydrogen-bond donors (Lipinski definition) is 2. The van der Waals surface area contributed by atoms with Crippen molar-refractivity contribution in [1.29, 1.82) is 0 Å². The van der Waals surface area contributed by atoms with Gasteiger partial charge in [-0.2, -0.15) is 4.98 Å². The van der Waals surface area contributed by atoms with Crippen molar-refractivity contribution in [1.82, 2.24) is 15.0 Å². The fourth-order valence-electron chi connectivity index (χ4n) is 3.17. The van der Waals surface area contributed by atoms with Gasteiger partial charge in [0, 0.05) is 24.2 Å². The Hall–Kier alpha value is -2.74. The number of carbonyl (C=O) groups is 2. The summed E-state index contributed by atoms with van der Waals surface area (Å²) in [5, 5.41) is 6.71. The molecule has 8 nitrogen and oxygen atoms in total. The Morgan fingerprint density at radius 2 is 2.08 bits per heavy atom. The maximum absolute atomic E-state index is 12.2. The Kier molecular flexibility index (Phi) is 5.62. The molecule has 2 aromatic rings. The van der Waals surface area contributed by atoms with Gasteiger partial charge in [0.15, 0.2) is 5.82 Å². The zero-order chi connectivity index (χ0) is 18.5. The van der Waals surface area contributed by atoms with Crippen molar-refractivity contribution in [3.8, 4) is 0 Å². The van der Waals surface area contributed by atoms with E-state index in [4.69, 9.17) is 10.3 Å². The van der Waals surface area contributed by atoms with Crippen LogP contribution in [0.4, 0.5) is 5.69 Å². The molecule has 1 aromatic heterocycles. The standard InChI is InChI=1S/C18H23N5O3/c1-12-20-18(26-22-12)15-4-2-3-10-23(15)11-9-16(24)21-14-7-5-13(6-8-14)17(19)25/h5-8,15H,2-4,9-11H2,1H3,(H2,19,25)(H,21,24). The maximum Gasteiger partial charge on any atom is 0.248 e. The van der Waals surface area contributed by atoms with Crippen LogP contribution in [0.15, 0.2) is 28.8 Å². The van der Waals surface area contributed by atoms with E-state index in [1.54, 1.807) is 31.2 Å². The third-order valence-corrected chi connectivity index (χ3v) is 4.52. The topological polar surface area (TPSA) is 114 Å². The van der Waals surface area contributed by atoms with E-state index in [1.165, 1.54) is 0 Å². The number of carbonyl (C=O) groups excluding carboxylic acids is 2. The monoisotopic (exact) mass is 357 g/mol. The number of benzene rings is 1. The lowest BCUT2D eigenvalue weighted by molar-refractivity contribution is -0.116. The first-order valence-electron chi connectivity index (χ1n) is 8.77. The summed E-state index contributed by atoms with van der Waals surface area (Å²) >= 11 is 0. The van der Waals surface area contributed by atoms with Gasteiger partial charge in [-0.15, -0.1) is 0 Å². The molecule has 138 valence electrons. The summed E-state index contributed by atoms with van der Waals surface area (Å²) < 4.78 is 5.33. The third-order valence-electron chi connectivity index (χ3n) is 4.52. The van der Waals surface area contributed by atoms with Gasteiger partial charge in [-0.25, -0.2) is 0 Å². The van der Waals surface area contributed by atoms with Gasteiger partial charge in [0.1, 0.15) is 0 Å². The van der Waals surface area contributed by atoms with Crippen LogP contribution < -0.4 is 11.1 Å². The molecular formula is C18H23N5O3. The fraction of sp³-hybridized carbons (Fsp3) is 0.444. The molecule has 0 radical (unpaired) electrons. The first-order valence-corrected chi connectivity index (χ1v) is 8.77. The Balaban J connectivity index is 1.54. The molecule has 1 aliphatic rings. The van der Waals surface area contributed by atoms with Crippen LogP contribution in [0, 0.1) is 6.92 Å². The van der Waals surface area contributed by atoms with E-state index < -0.39 is 5.91 Å². The van der Waals surface area contributed by atoms with E-state index in [0.717, 1.165) is 25.8 Å². The van der Waals surface area contributed by atoms with Crippen LogP contribution in [0.5, 0.6) is 0 Å². The highest BCUT2D eigenvalue weighted by atomic mass is 16.5. The Bertz CT molecular complexity index is 771. The fourth-order valence-corrected chi connectivity index (χ4v) is 3.17. The van der Waals surface area contributed by atoms with Gasteiger partial charge in [0.25, 0.3) is 0 Å². The number of nitrogens with zero attached hydrogens (tertiary/aromatic N) is 3. The molecule has 0 spiro atoms. The molecule has 1 aromatic carbocycles. The first kappa shape index (κ1) is 18.1. The number of rotatable bonds is 6. The lowest BCUT2D eigenvalue weighted by Crippen LogP contribution is -2.35. The average Bonchev–Trinajstić information content (AvgIpc) is 3.07. The highest BCUT2D eigenvalue weighted by Gasteiger charge is 2.28. The third kappa shape index (κ3) is 4.45. The van der Waals surface area contributed by atoms with E-state index in [9.17, 15) is 9.59 Å². The van der Waals surface area contributed by atoms with Crippen LogP contribution in [0.2, 0.25) is 0 Å². The molecule has 0 bridgehead atoms. The summed E-state index contributed by atoms with van der Waals surface area (Å²) in [5.41, 5.74) is 6.26. The zero-order valence-corrected chi connectivity index (χ0v) is 14.8. The molecule has 1 unspecified atom stereocenters. The van der Waals surface area contributed by atoms with Crippen molar-refractivity contribution in [3.05, 3.63) is 41.5 Å². The van der Waals surface area contributed by atoms with Crippen LogP contribution in [0.3, 0.4) is 0 Å². The number of nitrogens with one attached hydrogen (secondary N) is 1. The number of primary amides is 1. The van der Waals surface area contributed by atoms with Crippen molar-refractivity contribution >= 4 is 17.5 Å². The van der Waals surface area contributed by atoms with E-state index in [2.05, 4.69) is 20.4 Å². The molecule has 1 saturated heterocycles. The summed E-state index contributed by atoms with van der Waals surface area (Å²) in [6, 6.07) is 6.60. The highest BCUT2D eigenvalue weighted by Crippen LogP contribution is 2.29. The molecule has 2 heterocycles. The molecular weight excluding hydrogens is 334 g/mol. The number of likely N-dealkylation sites (tertiary alicyclic amines) is 1. The minimum absolute atomic E-state index is 0.0765. The predicted molar refractivity (Wildman–Crippen MR) is 95.4 cm³/mol. The quantitative estimate of drug-likeness (QED) is 0.817. The highest BCUT2D eigenvalue weighted by molar-refractivity contribution is 5.94. The number of aromatic nitrogens is 2. The van der Waals surface area contributed by atoms with Crippen molar-refractivity contribution in [2.45, 2.75) is 38.6 Å². The van der Waals surface area contributed by atoms with Crippen LogP contribution in [0.1, 0.15) is 53.8 Å². The minimum Gasteiger partial charge on any atom is -0.366 e. The molecule has 1 atom stereocenters. The van der Waals surface area contributed by atoms with Gasteiger partial charge in [-0.1, -0.05) is 11.6 Å². The van der Waals surface area contributed by atoms with Gasteiger partial charge in [-0.3, -0.25) is 14.5 Å². The van der Waals surface area contributed by atoms with Crippen LogP contribution in [-0.4, -0.2) is 39.9 Å². The second kappa shape index (κ2) is 8.09. The van der Waals surface area contributed by atoms with Crippen LogP contribution in [0.25, 0.3) is 0 Å². The molecule has 0 saturated carbocycles. The largest absolute Gasteiger partial charge is 0.366 e. The Morgan fingerprint density at radius 3 is 2.73 bits per heavy atom. The normalized spacial score (nSPS) is 17.8. The second-order valence-corrected chi connectivity index (χ2v) is 6.47. The summed E-state index contributed by atoms with van der Waals surface area (Å²) in [4.78, 5) is 29.9. The number of hydrogen-bond acceptors (Lipinski definition) is 6. The van der Waals surface area contributed by atoms with Crippen molar-refractivity contribution < 1.29 is 14.1 Å². The Morgan fingerprint density at radius 1 is 1.31 bits per heavy atom. The minimum atomic E-state index is -0.490. The van der Waals surface area contributed by atoms with E-state index in [-0.39, 0.29) is 11.9 Å². The number of anilines is 1. The van der Waals surface area contributed by atoms with Gasteiger partial charge in [0.2, 0.25) is 17.7 Å². The van der Waals surface area contributed by atoms with E-state index in [1.807, 2.05) is 0 Å². The summed E-state index contributed by atoms with van der Waals surface area (Å²) in [5.74, 6) is 0.686. The molecule has 1 aliphatic heterocycles. The lowest BCUT2D eigenvalue weighted by atomic mass is 10.0. The summed E-state index contributed by atoms with van der Waals surface area (Å²) in [6.07, 6.45) is 3.53. The van der Waals surface area contributed by atoms with E-state index in [0.29, 0.717) is 35.9 Å². The molecule has 26 heavy (non-hydrogen) atoms. The van der Waals surface area contributed by atoms with Crippen LogP contribution >= 0.6 is 0 Å². The molecule has 3 rings (SSSR count). The molecule has 1 fully saturated rings. The van der Waals surface area contributed by atoms with Gasteiger partial charge in [-0.05, 0) is 50.6 Å². The Labute approximate surface area is 151 Å². The molecule has 8 heteroatoms. The number of piperidine rings is 1. The van der Waals surface area contributed by atoms with E-state index >= 15 is 0 Å². The molecule has 0 aliphatic carbocycles. The predicted octanol–water partition coefficient (Wildman–Crippen LogP) is 2.03. The first-order chi connectivity index (χ1) is 12.5. The van der Waals surface area contributed by atoms with Crippen molar-refractivity contribution in [3.63, 3.8) is 0 Å². The zero-order valence-electron chi connectivity index (χ0n) is 14.8. The molecule has 3 N–H and O–H groups in total. The smallest absolute Gasteiger partial charge is 0.248 e. The number of aryl methyl sites for hydroxylation is 1.